The Bertz CT molecular complexity index is 398. The molecule has 15 heavy (non-hydrogen) atoms. The van der Waals surface area contributed by atoms with Crippen molar-refractivity contribution in [2.75, 3.05) is 0 Å². The summed E-state index contributed by atoms with van der Waals surface area (Å²) in [4.78, 5) is 14.9. The lowest BCUT2D eigenvalue weighted by atomic mass is 10.2. The summed E-state index contributed by atoms with van der Waals surface area (Å²) in [5, 5.41) is 3.98. The van der Waals surface area contributed by atoms with Gasteiger partial charge < -0.3 is 4.84 Å². The van der Waals surface area contributed by atoms with Gasteiger partial charge in [0.2, 0.25) is 0 Å². The first-order valence-electron chi connectivity index (χ1n) is 3.88. The highest BCUT2D eigenvalue weighted by Gasteiger charge is 2.11. The van der Waals surface area contributed by atoms with Gasteiger partial charge in [-0.05, 0) is 12.1 Å². The van der Waals surface area contributed by atoms with Crippen LogP contribution in [0, 0.1) is 0 Å². The largest absolute Gasteiger partial charge is 0.332 e. The van der Waals surface area contributed by atoms with E-state index in [0.717, 1.165) is 0 Å². The summed E-state index contributed by atoms with van der Waals surface area (Å²) in [6, 6.07) is 4.88. The van der Waals surface area contributed by atoms with Crippen LogP contribution in [0.3, 0.4) is 0 Å². The van der Waals surface area contributed by atoms with Crippen molar-refractivity contribution in [2.24, 2.45) is 5.16 Å². The number of nitrogens with zero attached hydrogens (tertiary/aromatic N) is 1. The normalized spacial score (nSPS) is 11.3. The number of halogens is 3. The SMILES string of the molecule is CC(=O)ON=C(Cl)c1c(Cl)cccc1Cl. The number of hydrogen-bond acceptors (Lipinski definition) is 3. The van der Waals surface area contributed by atoms with Crippen LogP contribution in [0.5, 0.6) is 0 Å². The summed E-state index contributed by atoms with van der Waals surface area (Å²) < 4.78 is 0. The summed E-state index contributed by atoms with van der Waals surface area (Å²) >= 11 is 17.5. The Morgan fingerprint density at radius 3 is 2.33 bits per heavy atom. The van der Waals surface area contributed by atoms with E-state index in [-0.39, 0.29) is 5.17 Å². The van der Waals surface area contributed by atoms with Crippen molar-refractivity contribution >= 4 is 45.9 Å². The molecule has 0 aliphatic carbocycles. The van der Waals surface area contributed by atoms with E-state index >= 15 is 0 Å². The zero-order valence-corrected chi connectivity index (χ0v) is 9.90. The molecule has 1 rings (SSSR count). The Labute approximate surface area is 102 Å². The van der Waals surface area contributed by atoms with E-state index in [2.05, 4.69) is 9.99 Å². The van der Waals surface area contributed by atoms with Crippen molar-refractivity contribution in [3.63, 3.8) is 0 Å². The van der Waals surface area contributed by atoms with Crippen molar-refractivity contribution in [1.82, 2.24) is 0 Å². The van der Waals surface area contributed by atoms with Crippen LogP contribution >= 0.6 is 34.8 Å². The zero-order valence-electron chi connectivity index (χ0n) is 7.63. The van der Waals surface area contributed by atoms with E-state index in [0.29, 0.717) is 15.6 Å². The maximum atomic E-state index is 10.5. The Kier molecular flexibility index (Phi) is 4.39. The van der Waals surface area contributed by atoms with E-state index in [1.807, 2.05) is 0 Å². The third kappa shape index (κ3) is 3.38. The van der Waals surface area contributed by atoms with Gasteiger partial charge in [0.15, 0.2) is 5.17 Å². The molecule has 3 nitrogen and oxygen atoms in total. The smallest absolute Gasteiger partial charge is 0.317 e. The third-order valence-corrected chi connectivity index (χ3v) is 2.31. The molecular formula is C9H6Cl3NO2. The lowest BCUT2D eigenvalue weighted by molar-refractivity contribution is -0.140. The van der Waals surface area contributed by atoms with Crippen LogP contribution < -0.4 is 0 Å². The predicted octanol–water partition coefficient (Wildman–Crippen LogP) is 3.46. The second-order valence-electron chi connectivity index (χ2n) is 2.56. The molecule has 1 aromatic carbocycles. The van der Waals surface area contributed by atoms with E-state index in [1.165, 1.54) is 6.92 Å². The second kappa shape index (κ2) is 5.35. The van der Waals surface area contributed by atoms with Gasteiger partial charge in [-0.2, -0.15) is 0 Å². The monoisotopic (exact) mass is 265 g/mol. The number of hydrogen-bond donors (Lipinski definition) is 0. The van der Waals surface area contributed by atoms with Gasteiger partial charge in [0.25, 0.3) is 0 Å². The highest BCUT2D eigenvalue weighted by atomic mass is 35.5. The summed E-state index contributed by atoms with van der Waals surface area (Å²) in [7, 11) is 0. The molecule has 0 bridgehead atoms. The van der Waals surface area contributed by atoms with Crippen molar-refractivity contribution in [2.45, 2.75) is 6.92 Å². The molecule has 0 amide bonds. The molecule has 0 saturated heterocycles. The summed E-state index contributed by atoms with van der Waals surface area (Å²) in [5.41, 5.74) is 0.337. The van der Waals surface area contributed by atoms with Gasteiger partial charge in [0.05, 0.1) is 15.6 Å². The fourth-order valence-electron chi connectivity index (χ4n) is 0.845. The molecular weight excluding hydrogens is 260 g/mol. The van der Waals surface area contributed by atoms with Gasteiger partial charge in [0, 0.05) is 6.92 Å². The summed E-state index contributed by atoms with van der Waals surface area (Å²) in [5.74, 6) is -0.573. The minimum atomic E-state index is -0.573. The molecule has 0 unspecified atom stereocenters. The average molecular weight is 267 g/mol. The number of carbonyl (C=O) groups is 1. The van der Waals surface area contributed by atoms with E-state index < -0.39 is 5.97 Å². The molecule has 0 spiro atoms. The predicted molar refractivity (Wildman–Crippen MR) is 60.6 cm³/mol. The second-order valence-corrected chi connectivity index (χ2v) is 3.73. The van der Waals surface area contributed by atoms with Crippen LogP contribution in [0.2, 0.25) is 10.0 Å². The molecule has 0 atom stereocenters. The van der Waals surface area contributed by atoms with Gasteiger partial charge in [-0.1, -0.05) is 46.0 Å². The highest BCUT2D eigenvalue weighted by molar-refractivity contribution is 6.71. The number of benzene rings is 1. The zero-order chi connectivity index (χ0) is 11.4. The number of rotatable bonds is 2. The molecule has 6 heteroatoms. The van der Waals surface area contributed by atoms with Crippen molar-refractivity contribution in [1.29, 1.82) is 0 Å². The highest BCUT2D eigenvalue weighted by Crippen LogP contribution is 2.26. The molecule has 0 aromatic heterocycles. The van der Waals surface area contributed by atoms with Crippen LogP contribution in [0.4, 0.5) is 0 Å². The maximum Gasteiger partial charge on any atom is 0.332 e. The lowest BCUT2D eigenvalue weighted by Crippen LogP contribution is -1.98. The molecule has 0 aliphatic rings. The van der Waals surface area contributed by atoms with Gasteiger partial charge in [-0.3, -0.25) is 0 Å². The summed E-state index contributed by atoms with van der Waals surface area (Å²) in [6.45, 7) is 1.21. The number of oxime groups is 1. The van der Waals surface area contributed by atoms with Gasteiger partial charge in [-0.25, -0.2) is 4.79 Å². The third-order valence-electron chi connectivity index (χ3n) is 1.42. The van der Waals surface area contributed by atoms with Gasteiger partial charge >= 0.3 is 5.97 Å². The first kappa shape index (κ1) is 12.3. The Morgan fingerprint density at radius 2 is 1.87 bits per heavy atom. The minimum absolute atomic E-state index is 0.0687. The van der Waals surface area contributed by atoms with Crippen LogP contribution in [0.15, 0.2) is 23.4 Å². The lowest BCUT2D eigenvalue weighted by Gasteiger charge is -2.03. The molecule has 0 radical (unpaired) electrons. The molecule has 1 aromatic rings. The van der Waals surface area contributed by atoms with Crippen LogP contribution in [-0.4, -0.2) is 11.1 Å². The molecule has 0 heterocycles. The van der Waals surface area contributed by atoms with Crippen molar-refractivity contribution < 1.29 is 9.63 Å². The quantitative estimate of drug-likeness (QED) is 0.467. The first-order chi connectivity index (χ1) is 7.02. The molecule has 0 fully saturated rings. The molecule has 80 valence electrons. The first-order valence-corrected chi connectivity index (χ1v) is 5.01. The topological polar surface area (TPSA) is 38.7 Å². The van der Waals surface area contributed by atoms with Crippen LogP contribution in [0.25, 0.3) is 0 Å². The van der Waals surface area contributed by atoms with Gasteiger partial charge in [-0.15, -0.1) is 0 Å². The van der Waals surface area contributed by atoms with E-state index in [1.54, 1.807) is 18.2 Å². The van der Waals surface area contributed by atoms with Crippen LogP contribution in [0.1, 0.15) is 12.5 Å². The van der Waals surface area contributed by atoms with E-state index in [4.69, 9.17) is 34.8 Å². The van der Waals surface area contributed by atoms with Crippen molar-refractivity contribution in [3.05, 3.63) is 33.8 Å². The minimum Gasteiger partial charge on any atom is -0.317 e. The average Bonchev–Trinajstić information content (AvgIpc) is 2.14. The molecule has 0 N–H and O–H groups in total. The Balaban J connectivity index is 3.05. The number of carbonyl (C=O) groups excluding carboxylic acids is 1. The van der Waals surface area contributed by atoms with E-state index in [9.17, 15) is 4.79 Å². The van der Waals surface area contributed by atoms with Gasteiger partial charge in [0.1, 0.15) is 0 Å². The fourth-order valence-corrected chi connectivity index (χ4v) is 1.76. The molecule has 0 saturated carbocycles. The van der Waals surface area contributed by atoms with Crippen molar-refractivity contribution in [3.8, 4) is 0 Å². The Hall–Kier alpha value is -0.770. The Morgan fingerprint density at radius 1 is 1.33 bits per heavy atom. The summed E-state index contributed by atoms with van der Waals surface area (Å²) in [6.07, 6.45) is 0. The standard InChI is InChI=1S/C9H6Cl3NO2/c1-5(14)15-13-9(12)8-6(10)3-2-4-7(8)11/h2-4H,1H3. The molecule has 0 aliphatic heterocycles. The fraction of sp³-hybridized carbons (Fsp3) is 0.111. The maximum absolute atomic E-state index is 10.5. The van der Waals surface area contributed by atoms with Crippen LogP contribution in [-0.2, 0) is 9.63 Å².